The minimum absolute atomic E-state index is 0.0117. The molecule has 0 radical (unpaired) electrons. The van der Waals surface area contributed by atoms with Gasteiger partial charge >= 0.3 is 12.2 Å². The standard InChI is InChI=1S/C37H43N7O9S/c1-35(2,3)52-33(46)43-26-12-10-22(50-7)18-24(26)37(32(43)45)19-25(37)21-9-11-23-27(17-21)44(34(47)53-36(4,5)6)41-29(23)40-30-28(51-8)31(39-20-38-30)42-13-15-54(48,49)16-14-42/h9-12,17-18,20,25H,13-16,19H2,1-8H3,(H,38,39,40,41)/t25-,37-/m0/s1. The highest BCUT2D eigenvalue weighted by atomic mass is 32.2. The van der Waals surface area contributed by atoms with E-state index in [1.54, 1.807) is 71.9 Å². The van der Waals surface area contributed by atoms with Crippen molar-refractivity contribution in [3.63, 3.8) is 0 Å². The van der Waals surface area contributed by atoms with Gasteiger partial charge in [0.25, 0.3) is 0 Å². The summed E-state index contributed by atoms with van der Waals surface area (Å²) in [7, 11) is -0.135. The number of aromatic nitrogens is 4. The van der Waals surface area contributed by atoms with Crippen molar-refractivity contribution in [2.45, 2.75) is 70.5 Å². The van der Waals surface area contributed by atoms with Crippen LogP contribution in [0.4, 0.5) is 32.7 Å². The summed E-state index contributed by atoms with van der Waals surface area (Å²) in [6.45, 7) is 11.0. The lowest BCUT2D eigenvalue weighted by Crippen LogP contribution is -2.41. The molecule has 1 aliphatic carbocycles. The van der Waals surface area contributed by atoms with Crippen LogP contribution in [0.25, 0.3) is 10.9 Å². The molecule has 2 aliphatic heterocycles. The zero-order valence-electron chi connectivity index (χ0n) is 31.4. The second-order valence-electron chi connectivity index (χ2n) is 15.6. The molecule has 2 aromatic carbocycles. The predicted octanol–water partition coefficient (Wildman–Crippen LogP) is 5.31. The molecule has 2 fully saturated rings. The molecule has 1 N–H and O–H groups in total. The summed E-state index contributed by atoms with van der Waals surface area (Å²) in [4.78, 5) is 53.1. The highest BCUT2D eigenvalue weighted by Gasteiger charge is 2.68. The number of sulfone groups is 1. The SMILES string of the molecule is COc1ccc2c(c1)[C@]1(C[C@H]1c1ccc3c(Nc4ncnc(N5CCS(=O)(=O)CC5)c4OC)nn(C(=O)OC(C)(C)C)c3c1)C(=O)N2C(=O)OC(C)(C)C. The van der Waals surface area contributed by atoms with Crippen molar-refractivity contribution in [2.75, 3.05) is 53.9 Å². The molecule has 2 atom stereocenters. The molecule has 4 aromatic rings. The highest BCUT2D eigenvalue weighted by Crippen LogP contribution is 2.67. The van der Waals surface area contributed by atoms with Crippen molar-refractivity contribution in [2.24, 2.45) is 0 Å². The van der Waals surface area contributed by atoms with Gasteiger partial charge in [-0.3, -0.25) is 4.79 Å². The summed E-state index contributed by atoms with van der Waals surface area (Å²) in [5.74, 6) is 0.971. The number of carbonyl (C=O) groups excluding carboxylic acids is 3. The third kappa shape index (κ3) is 6.54. The Morgan fingerprint density at radius 1 is 0.889 bits per heavy atom. The third-order valence-corrected chi connectivity index (χ3v) is 11.2. The molecule has 7 rings (SSSR count). The van der Waals surface area contributed by atoms with Gasteiger partial charge in [0.1, 0.15) is 23.3 Å². The van der Waals surface area contributed by atoms with E-state index < -0.39 is 44.5 Å². The highest BCUT2D eigenvalue weighted by molar-refractivity contribution is 7.91. The van der Waals surface area contributed by atoms with Crippen LogP contribution in [0, 0.1) is 0 Å². The van der Waals surface area contributed by atoms with Crippen LogP contribution in [0.1, 0.15) is 65.0 Å². The van der Waals surface area contributed by atoms with E-state index in [0.717, 1.165) is 15.1 Å². The minimum Gasteiger partial charge on any atom is -0.497 e. The number of hydrogen-bond acceptors (Lipinski definition) is 14. The third-order valence-electron chi connectivity index (χ3n) is 9.59. The maximum Gasteiger partial charge on any atom is 0.435 e. The molecule has 17 heteroatoms. The quantitative estimate of drug-likeness (QED) is 0.267. The van der Waals surface area contributed by atoms with Gasteiger partial charge in [0.15, 0.2) is 27.3 Å². The summed E-state index contributed by atoms with van der Waals surface area (Å²) in [5.41, 5.74) is -0.483. The van der Waals surface area contributed by atoms with E-state index >= 15 is 0 Å². The summed E-state index contributed by atoms with van der Waals surface area (Å²) in [6.07, 6.45) is 0.259. The number of amides is 2. The van der Waals surface area contributed by atoms with Crippen LogP contribution in [0.15, 0.2) is 42.7 Å². The Balaban J connectivity index is 1.28. The normalized spacial score (nSPS) is 20.5. The Hall–Kier alpha value is -5.45. The van der Waals surface area contributed by atoms with Crippen LogP contribution in [-0.2, 0) is 29.5 Å². The van der Waals surface area contributed by atoms with Gasteiger partial charge in [-0.2, -0.15) is 4.68 Å². The van der Waals surface area contributed by atoms with E-state index in [2.05, 4.69) is 20.4 Å². The molecule has 1 saturated heterocycles. The number of nitrogens with zero attached hydrogens (tertiary/aromatic N) is 6. The molecule has 3 aliphatic rings. The van der Waals surface area contributed by atoms with E-state index in [1.807, 2.05) is 11.0 Å². The number of hydrogen-bond donors (Lipinski definition) is 1. The summed E-state index contributed by atoms with van der Waals surface area (Å²) in [5, 5.41) is 8.37. The van der Waals surface area contributed by atoms with Crippen molar-refractivity contribution in [3.05, 3.63) is 53.9 Å². The molecule has 0 unspecified atom stereocenters. The fourth-order valence-corrected chi connectivity index (χ4v) is 8.30. The van der Waals surface area contributed by atoms with Gasteiger partial charge < -0.3 is 29.2 Å². The van der Waals surface area contributed by atoms with Crippen LogP contribution in [0.3, 0.4) is 0 Å². The number of fused-ring (bicyclic) bond motifs is 3. The first-order valence-corrected chi connectivity index (χ1v) is 19.3. The maximum atomic E-state index is 14.3. The lowest BCUT2D eigenvalue weighted by molar-refractivity contribution is -0.120. The van der Waals surface area contributed by atoms with Gasteiger partial charge in [-0.05, 0) is 89.4 Å². The molecule has 2 aromatic heterocycles. The van der Waals surface area contributed by atoms with Gasteiger partial charge in [-0.25, -0.2) is 32.9 Å². The molecule has 286 valence electrons. The molecule has 1 spiro atoms. The molecular formula is C37H43N7O9S. The Bertz CT molecular complexity index is 2300. The van der Waals surface area contributed by atoms with Crippen molar-refractivity contribution in [1.82, 2.24) is 19.7 Å². The van der Waals surface area contributed by atoms with Gasteiger partial charge in [0.2, 0.25) is 11.7 Å². The summed E-state index contributed by atoms with van der Waals surface area (Å²) >= 11 is 0. The van der Waals surface area contributed by atoms with Gasteiger partial charge in [-0.15, -0.1) is 5.10 Å². The first kappa shape index (κ1) is 36.9. The van der Waals surface area contributed by atoms with Crippen LogP contribution in [0.5, 0.6) is 11.5 Å². The van der Waals surface area contributed by atoms with Crippen molar-refractivity contribution in [3.8, 4) is 11.5 Å². The number of ether oxygens (including phenoxy) is 4. The van der Waals surface area contributed by atoms with E-state index in [0.29, 0.717) is 40.1 Å². The van der Waals surface area contributed by atoms with Crippen molar-refractivity contribution < 1.29 is 41.7 Å². The maximum absolute atomic E-state index is 14.3. The van der Waals surface area contributed by atoms with E-state index in [1.165, 1.54) is 20.5 Å². The fraction of sp³-hybridized carbons (Fsp3) is 0.459. The summed E-state index contributed by atoms with van der Waals surface area (Å²) < 4.78 is 48.0. The number of methoxy groups -OCH3 is 2. The van der Waals surface area contributed by atoms with E-state index in [4.69, 9.17) is 18.9 Å². The topological polar surface area (TPSA) is 184 Å². The lowest BCUT2D eigenvalue weighted by atomic mass is 9.91. The second-order valence-corrected chi connectivity index (χ2v) is 17.9. The Kier molecular flexibility index (Phi) is 8.78. The molecular weight excluding hydrogens is 719 g/mol. The molecule has 16 nitrogen and oxygen atoms in total. The van der Waals surface area contributed by atoms with Crippen LogP contribution in [0.2, 0.25) is 0 Å². The zero-order chi connectivity index (χ0) is 39.0. The van der Waals surface area contributed by atoms with Gasteiger partial charge in [-0.1, -0.05) is 6.07 Å². The predicted molar refractivity (Wildman–Crippen MR) is 200 cm³/mol. The smallest absolute Gasteiger partial charge is 0.435 e. The van der Waals surface area contributed by atoms with Gasteiger partial charge in [0.05, 0.1) is 42.3 Å². The molecule has 2 amide bonds. The van der Waals surface area contributed by atoms with Crippen LogP contribution >= 0.6 is 0 Å². The molecule has 54 heavy (non-hydrogen) atoms. The second kappa shape index (κ2) is 12.8. The molecule has 1 saturated carbocycles. The van der Waals surface area contributed by atoms with E-state index in [-0.39, 0.29) is 47.9 Å². The number of carbonyl (C=O) groups is 3. The Morgan fingerprint density at radius 2 is 1.57 bits per heavy atom. The van der Waals surface area contributed by atoms with Crippen LogP contribution in [-0.4, -0.2) is 96.3 Å². The first-order valence-electron chi connectivity index (χ1n) is 17.5. The Labute approximate surface area is 312 Å². The molecule has 0 bridgehead atoms. The Morgan fingerprint density at radius 3 is 2.22 bits per heavy atom. The van der Waals surface area contributed by atoms with Gasteiger partial charge in [0, 0.05) is 24.4 Å². The van der Waals surface area contributed by atoms with E-state index in [9.17, 15) is 22.8 Å². The summed E-state index contributed by atoms with van der Waals surface area (Å²) in [6, 6.07) is 10.7. The number of anilines is 4. The van der Waals surface area contributed by atoms with Crippen LogP contribution < -0.4 is 24.6 Å². The number of rotatable bonds is 6. The number of nitrogens with one attached hydrogen (secondary N) is 1. The zero-order valence-corrected chi connectivity index (χ0v) is 32.2. The fourth-order valence-electron chi connectivity index (χ4n) is 7.10. The first-order chi connectivity index (χ1) is 25.4. The minimum atomic E-state index is -3.14. The lowest BCUT2D eigenvalue weighted by Gasteiger charge is -2.29. The largest absolute Gasteiger partial charge is 0.497 e. The molecule has 4 heterocycles. The number of imide groups is 1. The number of benzene rings is 2. The average Bonchev–Trinajstić information content (AvgIpc) is 3.68. The average molecular weight is 762 g/mol. The monoisotopic (exact) mass is 761 g/mol. The van der Waals surface area contributed by atoms with Crippen molar-refractivity contribution in [1.29, 1.82) is 0 Å². The van der Waals surface area contributed by atoms with Crippen molar-refractivity contribution >= 4 is 62.0 Å².